The van der Waals surface area contributed by atoms with Crippen LogP contribution in [-0.2, 0) is 6.54 Å². The first-order valence-corrected chi connectivity index (χ1v) is 6.59. The average molecular weight is 292 g/mol. The molecule has 0 radical (unpaired) electrons. The van der Waals surface area contributed by atoms with Crippen molar-refractivity contribution in [2.75, 3.05) is 5.32 Å². The molecule has 0 aliphatic carbocycles. The molecule has 2 N–H and O–H groups in total. The van der Waals surface area contributed by atoms with E-state index in [0.29, 0.717) is 16.6 Å². The number of H-pyrrole nitrogens is 1. The molecule has 2 aromatic carbocycles. The summed E-state index contributed by atoms with van der Waals surface area (Å²) in [6.45, 7) is 0.682. The minimum Gasteiger partial charge on any atom is -0.380 e. The maximum Gasteiger partial charge on any atom is 0.0671 e. The van der Waals surface area contributed by atoms with Crippen LogP contribution >= 0.6 is 23.2 Å². The monoisotopic (exact) mass is 291 g/mol. The van der Waals surface area contributed by atoms with E-state index in [1.807, 2.05) is 36.5 Å². The highest BCUT2D eigenvalue weighted by molar-refractivity contribution is 6.42. The minimum atomic E-state index is 0.572. The molecule has 0 saturated carbocycles. The highest BCUT2D eigenvalue weighted by atomic mass is 35.5. The van der Waals surface area contributed by atoms with Gasteiger partial charge < -0.3 is 5.32 Å². The number of hydrogen-bond acceptors (Lipinski definition) is 2. The minimum absolute atomic E-state index is 0.572. The fraction of sp³-hybridized carbons (Fsp3) is 0.0714. The van der Waals surface area contributed by atoms with E-state index in [-0.39, 0.29) is 0 Å². The normalized spacial score (nSPS) is 10.8. The summed E-state index contributed by atoms with van der Waals surface area (Å²) >= 11 is 11.9. The molecule has 3 rings (SSSR count). The molecule has 0 aliphatic heterocycles. The number of fused-ring (bicyclic) bond motifs is 1. The van der Waals surface area contributed by atoms with Gasteiger partial charge >= 0.3 is 0 Å². The number of rotatable bonds is 3. The van der Waals surface area contributed by atoms with Crippen molar-refractivity contribution in [1.29, 1.82) is 0 Å². The Labute approximate surface area is 120 Å². The number of nitrogens with zero attached hydrogens (tertiary/aromatic N) is 1. The maximum atomic E-state index is 6.00. The van der Waals surface area contributed by atoms with Crippen LogP contribution in [0.2, 0.25) is 10.0 Å². The Balaban J connectivity index is 1.82. The molecule has 0 bridgehead atoms. The zero-order valence-electron chi connectivity index (χ0n) is 9.95. The lowest BCUT2D eigenvalue weighted by Gasteiger charge is -2.08. The Morgan fingerprint density at radius 2 is 2.00 bits per heavy atom. The Kier molecular flexibility index (Phi) is 3.32. The Morgan fingerprint density at radius 1 is 1.11 bits per heavy atom. The fourth-order valence-corrected chi connectivity index (χ4v) is 2.29. The van der Waals surface area contributed by atoms with Gasteiger partial charge in [-0.05, 0) is 29.8 Å². The van der Waals surface area contributed by atoms with Gasteiger partial charge in [0.2, 0.25) is 0 Å². The van der Waals surface area contributed by atoms with Gasteiger partial charge in [-0.3, -0.25) is 5.10 Å². The molecule has 5 heteroatoms. The van der Waals surface area contributed by atoms with E-state index in [4.69, 9.17) is 23.2 Å². The lowest BCUT2D eigenvalue weighted by Crippen LogP contribution is -1.99. The first kappa shape index (κ1) is 12.3. The van der Waals surface area contributed by atoms with E-state index in [1.165, 1.54) is 0 Å². The number of benzene rings is 2. The van der Waals surface area contributed by atoms with Crippen LogP contribution in [0.25, 0.3) is 10.9 Å². The molecule has 0 fully saturated rings. The lowest BCUT2D eigenvalue weighted by atomic mass is 10.2. The number of aromatic nitrogens is 2. The van der Waals surface area contributed by atoms with Crippen LogP contribution in [0, 0.1) is 0 Å². The van der Waals surface area contributed by atoms with Crippen LogP contribution in [0.4, 0.5) is 5.69 Å². The molecule has 96 valence electrons. The summed E-state index contributed by atoms with van der Waals surface area (Å²) in [5, 5.41) is 12.6. The second kappa shape index (κ2) is 5.11. The Bertz CT molecular complexity index is 722. The summed E-state index contributed by atoms with van der Waals surface area (Å²) in [5.41, 5.74) is 3.13. The van der Waals surface area contributed by atoms with Gasteiger partial charge in [0, 0.05) is 17.6 Å². The molecule has 3 nitrogen and oxygen atoms in total. The summed E-state index contributed by atoms with van der Waals surface area (Å²) in [7, 11) is 0. The highest BCUT2D eigenvalue weighted by Gasteiger charge is 2.03. The van der Waals surface area contributed by atoms with E-state index in [9.17, 15) is 0 Å². The quantitative estimate of drug-likeness (QED) is 0.747. The van der Waals surface area contributed by atoms with Crippen molar-refractivity contribution in [3.63, 3.8) is 0 Å². The van der Waals surface area contributed by atoms with Gasteiger partial charge in [-0.2, -0.15) is 5.10 Å². The van der Waals surface area contributed by atoms with Crippen LogP contribution < -0.4 is 5.32 Å². The largest absolute Gasteiger partial charge is 0.380 e. The van der Waals surface area contributed by atoms with Crippen molar-refractivity contribution < 1.29 is 0 Å². The smallest absolute Gasteiger partial charge is 0.0671 e. The molecule has 0 saturated heterocycles. The van der Waals surface area contributed by atoms with Gasteiger partial charge in [-0.25, -0.2) is 0 Å². The van der Waals surface area contributed by atoms with E-state index < -0.39 is 0 Å². The third-order valence-electron chi connectivity index (χ3n) is 2.95. The van der Waals surface area contributed by atoms with Crippen molar-refractivity contribution in [3.05, 3.63) is 58.2 Å². The third kappa shape index (κ3) is 2.53. The van der Waals surface area contributed by atoms with Gasteiger partial charge in [0.05, 0.1) is 21.8 Å². The maximum absolute atomic E-state index is 6.00. The van der Waals surface area contributed by atoms with Gasteiger partial charge in [-0.1, -0.05) is 35.3 Å². The molecule has 0 amide bonds. The van der Waals surface area contributed by atoms with Crippen LogP contribution in [0.5, 0.6) is 0 Å². The van der Waals surface area contributed by atoms with Crippen molar-refractivity contribution in [3.8, 4) is 0 Å². The first-order valence-electron chi connectivity index (χ1n) is 5.84. The van der Waals surface area contributed by atoms with Crippen molar-refractivity contribution >= 4 is 39.8 Å². The molecular formula is C14H11Cl2N3. The van der Waals surface area contributed by atoms with Gasteiger partial charge in [0.25, 0.3) is 0 Å². The van der Waals surface area contributed by atoms with E-state index in [1.54, 1.807) is 6.07 Å². The predicted molar refractivity (Wildman–Crippen MR) is 79.9 cm³/mol. The SMILES string of the molecule is Clc1ccc(CNc2cccc3[nH]ncc23)cc1Cl. The number of hydrogen-bond donors (Lipinski definition) is 2. The van der Waals surface area contributed by atoms with Crippen LogP contribution in [0.15, 0.2) is 42.6 Å². The van der Waals surface area contributed by atoms with Crippen LogP contribution in [0.1, 0.15) is 5.56 Å². The molecule has 0 spiro atoms. The van der Waals surface area contributed by atoms with Gasteiger partial charge in [-0.15, -0.1) is 0 Å². The molecule has 0 atom stereocenters. The number of anilines is 1. The highest BCUT2D eigenvalue weighted by Crippen LogP contribution is 2.24. The van der Waals surface area contributed by atoms with Gasteiger partial charge in [0.15, 0.2) is 0 Å². The van der Waals surface area contributed by atoms with Crippen molar-refractivity contribution in [2.24, 2.45) is 0 Å². The standard InChI is InChI=1S/C14H11Cl2N3/c15-11-5-4-9(6-12(11)16)7-17-13-2-1-3-14-10(13)8-18-19-14/h1-6,8,17H,7H2,(H,18,19). The van der Waals surface area contributed by atoms with E-state index in [2.05, 4.69) is 15.5 Å². The second-order valence-corrected chi connectivity index (χ2v) is 5.05. The summed E-state index contributed by atoms with van der Waals surface area (Å²) in [6, 6.07) is 11.6. The second-order valence-electron chi connectivity index (χ2n) is 4.24. The average Bonchev–Trinajstić information content (AvgIpc) is 2.89. The fourth-order valence-electron chi connectivity index (χ4n) is 1.97. The van der Waals surface area contributed by atoms with Crippen LogP contribution in [0.3, 0.4) is 0 Å². The van der Waals surface area contributed by atoms with Crippen molar-refractivity contribution in [2.45, 2.75) is 6.54 Å². The molecule has 0 unspecified atom stereocenters. The summed E-state index contributed by atoms with van der Waals surface area (Å²) < 4.78 is 0. The van der Waals surface area contributed by atoms with Crippen molar-refractivity contribution in [1.82, 2.24) is 10.2 Å². The lowest BCUT2D eigenvalue weighted by molar-refractivity contribution is 1.12. The molecule has 3 aromatic rings. The molecule has 19 heavy (non-hydrogen) atoms. The number of halogens is 2. The zero-order chi connectivity index (χ0) is 13.2. The van der Waals surface area contributed by atoms with Gasteiger partial charge in [0.1, 0.15) is 0 Å². The predicted octanol–water partition coefficient (Wildman–Crippen LogP) is 4.48. The molecule has 0 aliphatic rings. The first-order chi connectivity index (χ1) is 9.24. The third-order valence-corrected chi connectivity index (χ3v) is 3.69. The molecule has 1 aromatic heterocycles. The molecule has 1 heterocycles. The summed E-state index contributed by atoms with van der Waals surface area (Å²) in [4.78, 5) is 0. The van der Waals surface area contributed by atoms with Crippen LogP contribution in [-0.4, -0.2) is 10.2 Å². The van der Waals surface area contributed by atoms with E-state index >= 15 is 0 Å². The van der Waals surface area contributed by atoms with E-state index in [0.717, 1.165) is 22.2 Å². The molecular weight excluding hydrogens is 281 g/mol. The summed E-state index contributed by atoms with van der Waals surface area (Å²) in [5.74, 6) is 0. The summed E-state index contributed by atoms with van der Waals surface area (Å²) in [6.07, 6.45) is 1.81. The number of aromatic amines is 1. The Hall–Kier alpha value is -1.71. The Morgan fingerprint density at radius 3 is 2.84 bits per heavy atom. The zero-order valence-corrected chi connectivity index (χ0v) is 11.5. The topological polar surface area (TPSA) is 40.7 Å². The number of nitrogens with one attached hydrogen (secondary N) is 2.